The number of hydrogen-bond acceptors (Lipinski definition) is 1. The summed E-state index contributed by atoms with van der Waals surface area (Å²) in [4.78, 5) is 0. The second-order valence-electron chi connectivity index (χ2n) is 14.4. The summed E-state index contributed by atoms with van der Waals surface area (Å²) in [5.41, 5.74) is 22.9. The first-order valence-electron chi connectivity index (χ1n) is 17.9. The monoisotopic (exact) mass is 645 g/mol. The lowest BCUT2D eigenvalue weighted by atomic mass is 9.70. The second kappa shape index (κ2) is 9.62. The summed E-state index contributed by atoms with van der Waals surface area (Å²) >= 11 is 0. The zero-order valence-corrected chi connectivity index (χ0v) is 27.8. The molecule has 12 rings (SSSR count). The van der Waals surface area contributed by atoms with E-state index in [-0.39, 0.29) is 10.8 Å². The van der Waals surface area contributed by atoms with Crippen LogP contribution in [-0.2, 0) is 10.8 Å². The fraction of sp³-hybridized carbons (Fsp3) is 0.0400. The topological polar surface area (TPSA) is 12.0 Å². The number of fused-ring (bicyclic) bond motifs is 20. The minimum atomic E-state index is -0.363. The van der Waals surface area contributed by atoms with Crippen molar-refractivity contribution in [1.82, 2.24) is 0 Å². The van der Waals surface area contributed by atoms with Crippen LogP contribution in [0, 0.1) is 0 Å². The van der Waals surface area contributed by atoms with E-state index in [0.717, 1.165) is 11.4 Å². The first-order chi connectivity index (χ1) is 25.3. The molecule has 0 bridgehead atoms. The average molecular weight is 646 g/mol. The highest BCUT2D eigenvalue weighted by Crippen LogP contribution is 2.64. The van der Waals surface area contributed by atoms with Crippen molar-refractivity contribution in [1.29, 1.82) is 0 Å². The van der Waals surface area contributed by atoms with Gasteiger partial charge in [0.15, 0.2) is 0 Å². The lowest BCUT2D eigenvalue weighted by Crippen LogP contribution is -2.26. The smallest absolute Gasteiger partial charge is 0.0726 e. The summed E-state index contributed by atoms with van der Waals surface area (Å²) in [6.07, 6.45) is 0. The highest BCUT2D eigenvalue weighted by Gasteiger charge is 2.53. The number of anilines is 2. The van der Waals surface area contributed by atoms with Gasteiger partial charge in [-0.25, -0.2) is 0 Å². The van der Waals surface area contributed by atoms with Crippen LogP contribution >= 0.6 is 0 Å². The molecule has 4 aliphatic rings. The fourth-order valence-corrected chi connectivity index (χ4v) is 10.5. The van der Waals surface area contributed by atoms with Crippen molar-refractivity contribution >= 4 is 11.4 Å². The zero-order chi connectivity index (χ0) is 33.3. The molecule has 0 saturated heterocycles. The molecule has 1 N–H and O–H groups in total. The van der Waals surface area contributed by atoms with Crippen LogP contribution in [0.5, 0.6) is 0 Å². The molecule has 2 spiro atoms. The molecule has 1 heteroatoms. The van der Waals surface area contributed by atoms with Crippen LogP contribution in [0.1, 0.15) is 44.5 Å². The Balaban J connectivity index is 1.05. The maximum atomic E-state index is 3.93. The molecule has 0 atom stereocenters. The molecule has 0 amide bonds. The predicted molar refractivity (Wildman–Crippen MR) is 209 cm³/mol. The van der Waals surface area contributed by atoms with Gasteiger partial charge in [-0.1, -0.05) is 158 Å². The number of rotatable bonds is 2. The van der Waals surface area contributed by atoms with E-state index in [1.54, 1.807) is 0 Å². The molecule has 0 radical (unpaired) electrons. The highest BCUT2D eigenvalue weighted by molar-refractivity contribution is 5.97. The summed E-state index contributed by atoms with van der Waals surface area (Å²) in [7, 11) is 0. The van der Waals surface area contributed by atoms with Gasteiger partial charge in [0.05, 0.1) is 10.8 Å². The number of benzene rings is 8. The third-order valence-electron chi connectivity index (χ3n) is 12.3. The van der Waals surface area contributed by atoms with Crippen molar-refractivity contribution in [3.8, 4) is 44.5 Å². The van der Waals surface area contributed by atoms with E-state index in [4.69, 9.17) is 0 Å². The van der Waals surface area contributed by atoms with Crippen molar-refractivity contribution < 1.29 is 0 Å². The molecule has 8 aromatic carbocycles. The van der Waals surface area contributed by atoms with Crippen molar-refractivity contribution in [2.45, 2.75) is 10.8 Å². The third-order valence-corrected chi connectivity index (χ3v) is 12.3. The highest BCUT2D eigenvalue weighted by atomic mass is 14.9. The molecule has 8 aromatic rings. The van der Waals surface area contributed by atoms with Crippen LogP contribution in [0.3, 0.4) is 0 Å². The Kier molecular flexibility index (Phi) is 5.17. The van der Waals surface area contributed by atoms with Crippen LogP contribution in [-0.4, -0.2) is 0 Å². The molecule has 0 heterocycles. The maximum Gasteiger partial charge on any atom is 0.0726 e. The molecule has 0 aromatic heterocycles. The normalized spacial score (nSPS) is 15.0. The quantitative estimate of drug-likeness (QED) is 0.197. The Morgan fingerprint density at radius 3 is 0.745 bits per heavy atom. The van der Waals surface area contributed by atoms with E-state index >= 15 is 0 Å². The number of hydrogen-bond donors (Lipinski definition) is 1. The van der Waals surface area contributed by atoms with E-state index < -0.39 is 0 Å². The molecule has 0 unspecified atom stereocenters. The molecule has 0 fully saturated rings. The van der Waals surface area contributed by atoms with Crippen LogP contribution < -0.4 is 5.32 Å². The third kappa shape index (κ3) is 3.19. The minimum absolute atomic E-state index is 0.363. The Morgan fingerprint density at radius 1 is 0.235 bits per heavy atom. The van der Waals surface area contributed by atoms with E-state index in [0.29, 0.717) is 0 Å². The lowest BCUT2D eigenvalue weighted by molar-refractivity contribution is 0.793. The average Bonchev–Trinajstić information content (AvgIpc) is 3.87. The first-order valence-corrected chi connectivity index (χ1v) is 17.9. The van der Waals surface area contributed by atoms with Crippen molar-refractivity contribution in [3.63, 3.8) is 0 Å². The molecule has 4 aliphatic carbocycles. The van der Waals surface area contributed by atoms with Crippen LogP contribution in [0.25, 0.3) is 44.5 Å². The maximum absolute atomic E-state index is 3.93. The van der Waals surface area contributed by atoms with Gasteiger partial charge >= 0.3 is 0 Å². The standard InChI is InChI=1S/C50H31N/c1-7-19-41-33(13-1)34-14-2-8-20-42(34)49(41)45-23-11-5-17-37(45)39-27-25-31(29-47(39)49)51-32-26-28-40-38-18-6-12-24-46(38)50(48(40)30-32)43-21-9-3-15-35(43)36-16-4-10-22-44(36)50/h1-30,51H. The Hall–Kier alpha value is -6.44. The van der Waals surface area contributed by atoms with Crippen molar-refractivity contribution in [3.05, 3.63) is 226 Å². The van der Waals surface area contributed by atoms with Crippen molar-refractivity contribution in [2.24, 2.45) is 0 Å². The second-order valence-corrected chi connectivity index (χ2v) is 14.4. The van der Waals surface area contributed by atoms with Crippen molar-refractivity contribution in [2.75, 3.05) is 5.32 Å². The van der Waals surface area contributed by atoms with E-state index in [9.17, 15) is 0 Å². The van der Waals surface area contributed by atoms with Gasteiger partial charge in [0.2, 0.25) is 0 Å². The van der Waals surface area contributed by atoms with E-state index in [2.05, 4.69) is 187 Å². The Morgan fingerprint density at radius 2 is 0.471 bits per heavy atom. The van der Waals surface area contributed by atoms with Crippen LogP contribution in [0.2, 0.25) is 0 Å². The summed E-state index contributed by atoms with van der Waals surface area (Å²) in [6, 6.07) is 68.2. The van der Waals surface area contributed by atoms with Gasteiger partial charge in [-0.3, -0.25) is 0 Å². The Bertz CT molecular complexity index is 2480. The fourth-order valence-electron chi connectivity index (χ4n) is 10.5. The molecule has 1 nitrogen and oxygen atoms in total. The first kappa shape index (κ1) is 27.4. The van der Waals surface area contributed by atoms with Gasteiger partial charge in [0.25, 0.3) is 0 Å². The summed E-state index contributed by atoms with van der Waals surface area (Å²) in [6.45, 7) is 0. The molecule has 236 valence electrons. The number of nitrogens with one attached hydrogen (secondary N) is 1. The predicted octanol–water partition coefficient (Wildman–Crippen LogP) is 12.1. The summed E-state index contributed by atoms with van der Waals surface area (Å²) < 4.78 is 0. The summed E-state index contributed by atoms with van der Waals surface area (Å²) in [5, 5.41) is 3.93. The lowest BCUT2D eigenvalue weighted by Gasteiger charge is -2.31. The molecular weight excluding hydrogens is 615 g/mol. The summed E-state index contributed by atoms with van der Waals surface area (Å²) in [5.74, 6) is 0. The van der Waals surface area contributed by atoms with Gasteiger partial charge in [-0.15, -0.1) is 0 Å². The molecule has 51 heavy (non-hydrogen) atoms. The molecule has 0 aliphatic heterocycles. The van der Waals surface area contributed by atoms with Gasteiger partial charge in [0, 0.05) is 11.4 Å². The van der Waals surface area contributed by atoms with Gasteiger partial charge in [0.1, 0.15) is 0 Å². The van der Waals surface area contributed by atoms with Gasteiger partial charge in [-0.2, -0.15) is 0 Å². The Labute approximate surface area is 297 Å². The SMILES string of the molecule is c1ccc2c(c1)-c1ccccc1C21c2ccccc2-c2ccc(Nc3ccc4c(c3)C3(c5ccccc5-c5ccccc53)c3ccccc3-4)cc21. The van der Waals surface area contributed by atoms with E-state index in [1.165, 1.54) is 89.0 Å². The van der Waals surface area contributed by atoms with Crippen LogP contribution in [0.4, 0.5) is 11.4 Å². The zero-order valence-electron chi connectivity index (χ0n) is 27.8. The van der Waals surface area contributed by atoms with E-state index in [1.807, 2.05) is 0 Å². The minimum Gasteiger partial charge on any atom is -0.356 e. The van der Waals surface area contributed by atoms with Gasteiger partial charge in [-0.05, 0) is 113 Å². The largest absolute Gasteiger partial charge is 0.356 e. The van der Waals surface area contributed by atoms with Gasteiger partial charge < -0.3 is 5.32 Å². The van der Waals surface area contributed by atoms with Crippen LogP contribution in [0.15, 0.2) is 182 Å². The molecular formula is C50H31N. The molecule has 0 saturated carbocycles.